The summed E-state index contributed by atoms with van der Waals surface area (Å²) in [6.07, 6.45) is -5.60. The minimum Gasteiger partial charge on any atom is -0.454 e. The molecule has 7 nitrogen and oxygen atoms in total. The monoisotopic (exact) mass is 419 g/mol. The molecule has 0 aromatic heterocycles. The van der Waals surface area contributed by atoms with Crippen molar-refractivity contribution >= 4 is 30.5 Å². The molecule has 3 rings (SSSR count). The highest BCUT2D eigenvalue weighted by Crippen LogP contribution is 2.44. The van der Waals surface area contributed by atoms with Crippen molar-refractivity contribution in [1.82, 2.24) is 10.2 Å². The number of halogens is 5. The second-order valence-electron chi connectivity index (χ2n) is 5.64. The third-order valence-electron chi connectivity index (χ3n) is 4.09. The average Bonchev–Trinajstić information content (AvgIpc) is 2.98. The van der Waals surface area contributed by atoms with E-state index in [1.165, 1.54) is 6.07 Å². The Hall–Kier alpha value is -1.49. The van der Waals surface area contributed by atoms with Gasteiger partial charge in [-0.25, -0.2) is 0 Å². The highest BCUT2D eigenvalue weighted by molar-refractivity contribution is 5.85. The summed E-state index contributed by atoms with van der Waals surface area (Å²) >= 11 is 0. The van der Waals surface area contributed by atoms with E-state index in [4.69, 9.17) is 9.47 Å². The number of rotatable bonds is 4. The maximum atomic E-state index is 13.1. The summed E-state index contributed by atoms with van der Waals surface area (Å²) in [6.45, 7) is 1.73. The van der Waals surface area contributed by atoms with Crippen LogP contribution in [0.2, 0.25) is 0 Å². The molecule has 0 amide bonds. The molecule has 0 spiro atoms. The van der Waals surface area contributed by atoms with Crippen molar-refractivity contribution in [3.8, 4) is 11.5 Å². The van der Waals surface area contributed by atoms with E-state index >= 15 is 0 Å². The Kier molecular flexibility index (Phi) is 7.75. The number of nitrogens with one attached hydrogen (secondary N) is 1. The zero-order valence-corrected chi connectivity index (χ0v) is 15.1. The molecule has 2 aliphatic rings. The molecule has 26 heavy (non-hydrogen) atoms. The van der Waals surface area contributed by atoms with Gasteiger partial charge in [-0.2, -0.15) is 13.2 Å². The first-order chi connectivity index (χ1) is 11.3. The molecular formula is C14H18Cl2F3N3O4. The van der Waals surface area contributed by atoms with E-state index in [0.29, 0.717) is 26.2 Å². The van der Waals surface area contributed by atoms with E-state index in [0.717, 1.165) is 6.07 Å². The van der Waals surface area contributed by atoms with Crippen LogP contribution in [0, 0.1) is 10.1 Å². The summed E-state index contributed by atoms with van der Waals surface area (Å²) in [5.41, 5.74) is -0.379. The Morgan fingerprint density at radius 3 is 2.31 bits per heavy atom. The molecule has 2 heterocycles. The summed E-state index contributed by atoms with van der Waals surface area (Å²) < 4.78 is 49.5. The number of nitro benzene ring substituents is 1. The van der Waals surface area contributed by atoms with E-state index in [-0.39, 0.29) is 54.4 Å². The lowest BCUT2D eigenvalue weighted by Crippen LogP contribution is -2.46. The van der Waals surface area contributed by atoms with Gasteiger partial charge in [-0.3, -0.25) is 15.0 Å². The predicted molar refractivity (Wildman–Crippen MR) is 91.6 cm³/mol. The van der Waals surface area contributed by atoms with Gasteiger partial charge >= 0.3 is 6.18 Å². The fraction of sp³-hybridized carbons (Fsp3) is 0.571. The molecule has 0 aliphatic carbocycles. The number of benzene rings is 1. The Bertz CT molecular complexity index is 643. The minimum atomic E-state index is -4.44. The van der Waals surface area contributed by atoms with Gasteiger partial charge in [0.25, 0.3) is 5.69 Å². The van der Waals surface area contributed by atoms with Crippen molar-refractivity contribution in [2.45, 2.75) is 18.6 Å². The molecular weight excluding hydrogens is 402 g/mol. The molecule has 148 valence electrons. The van der Waals surface area contributed by atoms with E-state index in [2.05, 4.69) is 5.32 Å². The largest absolute Gasteiger partial charge is 0.454 e. The van der Waals surface area contributed by atoms with Gasteiger partial charge in [0.15, 0.2) is 11.5 Å². The van der Waals surface area contributed by atoms with Gasteiger partial charge in [-0.15, -0.1) is 24.8 Å². The SMILES string of the molecule is Cl.Cl.O=[N+]([O-])c1cc2c(cc1[C@@H](CC(F)(F)F)N1CCNCC1)OCO2. The van der Waals surface area contributed by atoms with E-state index in [9.17, 15) is 23.3 Å². The fourth-order valence-corrected chi connectivity index (χ4v) is 3.02. The Labute approximate surface area is 159 Å². The Morgan fingerprint density at radius 1 is 1.19 bits per heavy atom. The van der Waals surface area contributed by atoms with Gasteiger partial charge in [0.2, 0.25) is 6.79 Å². The van der Waals surface area contributed by atoms with Crippen molar-refractivity contribution in [3.05, 3.63) is 27.8 Å². The molecule has 1 N–H and O–H groups in total. The van der Waals surface area contributed by atoms with Crippen LogP contribution in [0.1, 0.15) is 18.0 Å². The van der Waals surface area contributed by atoms with Gasteiger partial charge in [0, 0.05) is 26.2 Å². The number of fused-ring (bicyclic) bond motifs is 1. The summed E-state index contributed by atoms with van der Waals surface area (Å²) in [7, 11) is 0. The van der Waals surface area contributed by atoms with Gasteiger partial charge in [0.1, 0.15) is 0 Å². The summed E-state index contributed by atoms with van der Waals surface area (Å²) in [4.78, 5) is 12.3. The Balaban J connectivity index is 0.00000169. The minimum absolute atomic E-state index is 0. The zero-order valence-electron chi connectivity index (χ0n) is 13.5. The second kappa shape index (κ2) is 8.94. The van der Waals surface area contributed by atoms with E-state index in [1.807, 2.05) is 0 Å². The van der Waals surface area contributed by atoms with Crippen molar-refractivity contribution < 1.29 is 27.6 Å². The molecule has 1 aromatic rings. The number of alkyl halides is 3. The number of piperazine rings is 1. The maximum absolute atomic E-state index is 13.1. The summed E-state index contributed by atoms with van der Waals surface area (Å²) in [6, 6.07) is 1.31. The van der Waals surface area contributed by atoms with Crippen LogP contribution >= 0.6 is 24.8 Å². The summed E-state index contributed by atoms with van der Waals surface area (Å²) in [5.74, 6) is 0.412. The van der Waals surface area contributed by atoms with Crippen LogP contribution in [0.5, 0.6) is 11.5 Å². The molecule has 1 fully saturated rings. The number of nitro groups is 1. The standard InChI is InChI=1S/C14H16F3N3O4.2ClH/c15-14(16,17)7-11(19-3-1-18-2-4-19)9-5-12-13(24-8-23-12)6-10(9)20(21)22;;/h5-6,11,18H,1-4,7-8H2;2*1H/t11-;;/m1../s1. The normalized spacial score (nSPS) is 17.8. The Morgan fingerprint density at radius 2 is 1.77 bits per heavy atom. The highest BCUT2D eigenvalue weighted by atomic mass is 35.5. The van der Waals surface area contributed by atoms with Crippen LogP contribution in [0.3, 0.4) is 0 Å². The number of hydrogen-bond acceptors (Lipinski definition) is 6. The van der Waals surface area contributed by atoms with Crippen LogP contribution in [0.25, 0.3) is 0 Å². The number of nitrogens with zero attached hydrogens (tertiary/aromatic N) is 2. The van der Waals surface area contributed by atoms with E-state index in [1.54, 1.807) is 4.90 Å². The number of ether oxygens (including phenoxy) is 2. The lowest BCUT2D eigenvalue weighted by Gasteiger charge is -2.35. The van der Waals surface area contributed by atoms with E-state index < -0.39 is 23.6 Å². The van der Waals surface area contributed by atoms with Crippen LogP contribution in [0.15, 0.2) is 12.1 Å². The molecule has 1 saturated heterocycles. The van der Waals surface area contributed by atoms with Gasteiger partial charge in [0.05, 0.1) is 29.0 Å². The topological polar surface area (TPSA) is 76.9 Å². The molecule has 2 aliphatic heterocycles. The third kappa shape index (κ3) is 5.03. The van der Waals surface area contributed by atoms with Gasteiger partial charge in [-0.1, -0.05) is 0 Å². The molecule has 0 bridgehead atoms. The van der Waals surface area contributed by atoms with Crippen molar-refractivity contribution in [3.63, 3.8) is 0 Å². The summed E-state index contributed by atoms with van der Waals surface area (Å²) in [5, 5.41) is 14.4. The molecule has 12 heteroatoms. The van der Waals surface area contributed by atoms with Crippen LogP contribution in [-0.4, -0.2) is 49.0 Å². The number of hydrogen-bond donors (Lipinski definition) is 1. The average molecular weight is 420 g/mol. The molecule has 0 unspecified atom stereocenters. The van der Waals surface area contributed by atoms with Crippen molar-refractivity contribution in [2.75, 3.05) is 33.0 Å². The zero-order chi connectivity index (χ0) is 17.3. The maximum Gasteiger partial charge on any atom is 0.390 e. The predicted octanol–water partition coefficient (Wildman–Crippen LogP) is 3.07. The highest BCUT2D eigenvalue weighted by Gasteiger charge is 2.39. The first kappa shape index (κ1) is 22.6. The first-order valence-corrected chi connectivity index (χ1v) is 7.44. The molecule has 1 atom stereocenters. The third-order valence-corrected chi connectivity index (χ3v) is 4.09. The quantitative estimate of drug-likeness (QED) is 0.596. The molecule has 1 aromatic carbocycles. The van der Waals surface area contributed by atoms with Crippen LogP contribution in [0.4, 0.5) is 18.9 Å². The fourth-order valence-electron chi connectivity index (χ4n) is 3.02. The smallest absolute Gasteiger partial charge is 0.390 e. The molecule has 0 radical (unpaired) electrons. The van der Waals surface area contributed by atoms with Crippen LogP contribution < -0.4 is 14.8 Å². The van der Waals surface area contributed by atoms with Crippen LogP contribution in [-0.2, 0) is 0 Å². The lowest BCUT2D eigenvalue weighted by atomic mass is 9.98. The van der Waals surface area contributed by atoms with Gasteiger partial charge in [-0.05, 0) is 6.07 Å². The lowest BCUT2D eigenvalue weighted by molar-refractivity contribution is -0.386. The van der Waals surface area contributed by atoms with Crippen molar-refractivity contribution in [1.29, 1.82) is 0 Å². The first-order valence-electron chi connectivity index (χ1n) is 7.44. The van der Waals surface area contributed by atoms with Gasteiger partial charge < -0.3 is 14.8 Å². The molecule has 0 saturated carbocycles. The van der Waals surface area contributed by atoms with Crippen molar-refractivity contribution in [2.24, 2.45) is 0 Å². The second-order valence-corrected chi connectivity index (χ2v) is 5.64.